The number of aliphatic hydroxyl groups excluding tert-OH is 1. The van der Waals surface area contributed by atoms with Crippen LogP contribution in [0.15, 0.2) is 0 Å². The van der Waals surface area contributed by atoms with Crippen LogP contribution in [0.25, 0.3) is 0 Å². The molecule has 1 N–H and O–H groups in total. The van der Waals surface area contributed by atoms with Crippen LogP contribution in [0.5, 0.6) is 0 Å². The molecule has 0 aliphatic heterocycles. The summed E-state index contributed by atoms with van der Waals surface area (Å²) in [7, 11) is 1.88. The van der Waals surface area contributed by atoms with Gasteiger partial charge in [-0.15, -0.1) is 10.2 Å². The second-order valence-corrected chi connectivity index (χ2v) is 4.49. The van der Waals surface area contributed by atoms with E-state index in [1.54, 1.807) is 0 Å². The van der Waals surface area contributed by atoms with Gasteiger partial charge < -0.3 is 9.67 Å². The average Bonchev–Trinajstić information content (AvgIpc) is 2.30. The monoisotopic (exact) mass is 183 g/mol. The maximum absolute atomic E-state index is 8.91. The second-order valence-electron chi connectivity index (χ2n) is 4.49. The van der Waals surface area contributed by atoms with E-state index >= 15 is 0 Å². The van der Waals surface area contributed by atoms with Crippen LogP contribution < -0.4 is 0 Å². The topological polar surface area (TPSA) is 50.9 Å². The van der Waals surface area contributed by atoms with E-state index in [1.165, 1.54) is 0 Å². The Hall–Kier alpha value is -0.900. The van der Waals surface area contributed by atoms with E-state index in [0.717, 1.165) is 12.2 Å². The van der Waals surface area contributed by atoms with Crippen molar-refractivity contribution in [2.45, 2.75) is 33.8 Å². The van der Waals surface area contributed by atoms with E-state index in [0.29, 0.717) is 5.82 Å². The minimum Gasteiger partial charge on any atom is -0.388 e. The van der Waals surface area contributed by atoms with Crippen molar-refractivity contribution in [3.05, 3.63) is 11.6 Å². The van der Waals surface area contributed by atoms with Gasteiger partial charge in [0, 0.05) is 13.5 Å². The van der Waals surface area contributed by atoms with Gasteiger partial charge in [0.1, 0.15) is 12.4 Å². The molecular weight excluding hydrogens is 166 g/mol. The maximum Gasteiger partial charge on any atom is 0.158 e. The van der Waals surface area contributed by atoms with Gasteiger partial charge in [-0.25, -0.2) is 0 Å². The van der Waals surface area contributed by atoms with Crippen molar-refractivity contribution in [3.8, 4) is 0 Å². The van der Waals surface area contributed by atoms with E-state index in [4.69, 9.17) is 5.11 Å². The molecule has 1 aromatic heterocycles. The predicted octanol–water partition coefficient (Wildman–Crippen LogP) is 0.896. The van der Waals surface area contributed by atoms with Gasteiger partial charge in [-0.1, -0.05) is 20.8 Å². The first kappa shape index (κ1) is 10.2. The Labute approximate surface area is 78.6 Å². The van der Waals surface area contributed by atoms with Crippen molar-refractivity contribution in [1.29, 1.82) is 0 Å². The fraction of sp³-hybridized carbons (Fsp3) is 0.778. The smallest absolute Gasteiger partial charge is 0.158 e. The van der Waals surface area contributed by atoms with Crippen LogP contribution in [-0.4, -0.2) is 19.9 Å². The third kappa shape index (κ3) is 2.52. The molecule has 0 aliphatic rings. The van der Waals surface area contributed by atoms with Gasteiger partial charge in [-0.3, -0.25) is 0 Å². The van der Waals surface area contributed by atoms with E-state index in [1.807, 2.05) is 11.6 Å². The number of hydrogen-bond donors (Lipinski definition) is 1. The van der Waals surface area contributed by atoms with Gasteiger partial charge in [0.25, 0.3) is 0 Å². The molecule has 0 aromatic carbocycles. The van der Waals surface area contributed by atoms with Crippen molar-refractivity contribution in [2.24, 2.45) is 12.5 Å². The van der Waals surface area contributed by atoms with Crippen molar-refractivity contribution in [3.63, 3.8) is 0 Å². The molecule has 0 aliphatic carbocycles. The van der Waals surface area contributed by atoms with Crippen LogP contribution in [-0.2, 0) is 20.1 Å². The van der Waals surface area contributed by atoms with E-state index in [-0.39, 0.29) is 12.0 Å². The van der Waals surface area contributed by atoms with Crippen LogP contribution in [0.2, 0.25) is 0 Å². The molecule has 13 heavy (non-hydrogen) atoms. The molecule has 0 radical (unpaired) electrons. The molecular formula is C9H17N3O. The van der Waals surface area contributed by atoms with Gasteiger partial charge in [0.15, 0.2) is 5.82 Å². The lowest BCUT2D eigenvalue weighted by Gasteiger charge is -2.16. The fourth-order valence-corrected chi connectivity index (χ4v) is 1.16. The Bertz CT molecular complexity index is 286. The lowest BCUT2D eigenvalue weighted by molar-refractivity contribution is 0.266. The lowest BCUT2D eigenvalue weighted by atomic mass is 9.92. The van der Waals surface area contributed by atoms with Gasteiger partial charge in [0.2, 0.25) is 0 Å². The highest BCUT2D eigenvalue weighted by atomic mass is 16.3. The third-order valence-corrected chi connectivity index (χ3v) is 1.89. The molecule has 1 heterocycles. The first-order chi connectivity index (χ1) is 5.94. The number of aromatic nitrogens is 3. The molecule has 0 saturated carbocycles. The lowest BCUT2D eigenvalue weighted by Crippen LogP contribution is -2.13. The molecule has 0 bridgehead atoms. The average molecular weight is 183 g/mol. The number of hydrogen-bond acceptors (Lipinski definition) is 3. The number of aliphatic hydroxyl groups is 1. The van der Waals surface area contributed by atoms with Crippen molar-refractivity contribution in [1.82, 2.24) is 14.8 Å². The first-order valence-corrected chi connectivity index (χ1v) is 4.42. The summed E-state index contributed by atoms with van der Waals surface area (Å²) in [4.78, 5) is 0. The summed E-state index contributed by atoms with van der Waals surface area (Å²) in [5, 5.41) is 16.8. The summed E-state index contributed by atoms with van der Waals surface area (Å²) in [5.74, 6) is 1.55. The molecule has 0 spiro atoms. The van der Waals surface area contributed by atoms with Crippen molar-refractivity contribution >= 4 is 0 Å². The summed E-state index contributed by atoms with van der Waals surface area (Å²) in [6, 6.07) is 0. The predicted molar refractivity (Wildman–Crippen MR) is 50.1 cm³/mol. The highest BCUT2D eigenvalue weighted by Gasteiger charge is 2.16. The molecule has 1 rings (SSSR count). The molecule has 0 saturated heterocycles. The van der Waals surface area contributed by atoms with Crippen molar-refractivity contribution < 1.29 is 5.11 Å². The van der Waals surface area contributed by atoms with Crippen molar-refractivity contribution in [2.75, 3.05) is 0 Å². The summed E-state index contributed by atoms with van der Waals surface area (Å²) >= 11 is 0. The number of rotatable bonds is 2. The zero-order valence-electron chi connectivity index (χ0n) is 8.70. The molecule has 0 amide bonds. The molecule has 0 fully saturated rings. The van der Waals surface area contributed by atoms with Gasteiger partial charge in [-0.2, -0.15) is 0 Å². The summed E-state index contributed by atoms with van der Waals surface area (Å²) < 4.78 is 1.85. The van der Waals surface area contributed by atoms with Crippen LogP contribution in [0.4, 0.5) is 0 Å². The summed E-state index contributed by atoms with van der Waals surface area (Å²) in [6.45, 7) is 6.41. The normalized spacial score (nSPS) is 12.1. The number of nitrogens with zero attached hydrogens (tertiary/aromatic N) is 3. The summed E-state index contributed by atoms with van der Waals surface area (Å²) in [5.41, 5.74) is 0.202. The third-order valence-electron chi connectivity index (χ3n) is 1.89. The van der Waals surface area contributed by atoms with Crippen LogP contribution in [0, 0.1) is 5.41 Å². The fourth-order valence-electron chi connectivity index (χ4n) is 1.16. The van der Waals surface area contributed by atoms with Gasteiger partial charge in [-0.05, 0) is 5.41 Å². The maximum atomic E-state index is 8.91. The Kier molecular flexibility index (Phi) is 2.71. The molecule has 0 atom stereocenters. The molecule has 0 unspecified atom stereocenters. The second kappa shape index (κ2) is 3.46. The van der Waals surface area contributed by atoms with Gasteiger partial charge in [0.05, 0.1) is 0 Å². The molecule has 1 aromatic rings. The Morgan fingerprint density at radius 3 is 2.15 bits per heavy atom. The van der Waals surface area contributed by atoms with Crippen LogP contribution in [0.3, 0.4) is 0 Å². The standard InChI is InChI=1S/C9H17N3O/c1-9(2,3)5-7-10-11-8(6-13)12(7)4/h13H,5-6H2,1-4H3. The Morgan fingerprint density at radius 1 is 1.23 bits per heavy atom. The van der Waals surface area contributed by atoms with Crippen LogP contribution >= 0.6 is 0 Å². The summed E-state index contributed by atoms with van der Waals surface area (Å²) in [6.07, 6.45) is 0.872. The Balaban J connectivity index is 2.84. The largest absolute Gasteiger partial charge is 0.388 e. The van der Waals surface area contributed by atoms with E-state index in [9.17, 15) is 0 Å². The SMILES string of the molecule is Cn1c(CO)nnc1CC(C)(C)C. The zero-order chi connectivity index (χ0) is 10.1. The molecule has 4 heteroatoms. The van der Waals surface area contributed by atoms with Gasteiger partial charge >= 0.3 is 0 Å². The zero-order valence-corrected chi connectivity index (χ0v) is 8.70. The quantitative estimate of drug-likeness (QED) is 0.741. The first-order valence-electron chi connectivity index (χ1n) is 4.42. The molecule has 4 nitrogen and oxygen atoms in total. The van der Waals surface area contributed by atoms with E-state index < -0.39 is 0 Å². The minimum absolute atomic E-state index is 0.0480. The van der Waals surface area contributed by atoms with E-state index in [2.05, 4.69) is 31.0 Å². The highest BCUT2D eigenvalue weighted by molar-refractivity contribution is 4.96. The minimum atomic E-state index is -0.0480. The van der Waals surface area contributed by atoms with Crippen LogP contribution in [0.1, 0.15) is 32.4 Å². The molecule has 74 valence electrons. The highest BCUT2D eigenvalue weighted by Crippen LogP contribution is 2.19. The Morgan fingerprint density at radius 2 is 1.77 bits per heavy atom.